The van der Waals surface area contributed by atoms with Gasteiger partial charge in [-0.25, -0.2) is 29.9 Å². The summed E-state index contributed by atoms with van der Waals surface area (Å²) < 4.78 is 44.7. The van der Waals surface area contributed by atoms with E-state index in [1.165, 1.54) is 150 Å². The van der Waals surface area contributed by atoms with E-state index in [9.17, 15) is 0 Å². The van der Waals surface area contributed by atoms with E-state index in [-0.39, 0.29) is 0 Å². The molecule has 99 heavy (non-hydrogen) atoms. The summed E-state index contributed by atoms with van der Waals surface area (Å²) in [5.41, 5.74) is 13.6. The third-order valence-corrected chi connectivity index (χ3v) is 19.2. The van der Waals surface area contributed by atoms with E-state index < -0.39 is 0 Å². The molecule has 0 saturated heterocycles. The highest BCUT2D eigenvalue weighted by atomic mass is 32.1. The fraction of sp³-hybridized carbons (Fsp3) is 0. The van der Waals surface area contributed by atoms with Crippen LogP contribution in [0, 0.1) is 0 Å². The number of hydrogen-bond acceptors (Lipinski definition) is 38. The normalized spacial score (nSPS) is 10.2. The van der Waals surface area contributed by atoms with Crippen molar-refractivity contribution in [1.29, 1.82) is 0 Å². The number of hydrogen-bond donors (Lipinski definition) is 0. The summed E-state index contributed by atoms with van der Waals surface area (Å²) >= 11 is 15.7. The van der Waals surface area contributed by atoms with Gasteiger partial charge in [0.05, 0.1) is 53.6 Å². The van der Waals surface area contributed by atoms with Crippen LogP contribution < -0.4 is 0 Å². The van der Waals surface area contributed by atoms with E-state index in [1.807, 2.05) is 127 Å². The van der Waals surface area contributed by atoms with Gasteiger partial charge in [0.1, 0.15) is 62.3 Å². The molecule has 0 aliphatic heterocycles. The molecule has 0 atom stereocenters. The number of fused-ring (bicyclic) bond motifs is 11. The molecule has 0 bridgehead atoms. The van der Waals surface area contributed by atoms with Crippen molar-refractivity contribution in [2.24, 2.45) is 0 Å². The highest BCUT2D eigenvalue weighted by Crippen LogP contribution is 2.17. The first kappa shape index (κ1) is 68.0. The summed E-state index contributed by atoms with van der Waals surface area (Å²) in [7, 11) is 0. The average molecular weight is 1500 g/mol. The van der Waals surface area contributed by atoms with Gasteiger partial charge in [-0.3, -0.25) is 19.9 Å². The molecule has 27 nitrogen and oxygen atoms in total. The lowest BCUT2D eigenvalue weighted by Crippen LogP contribution is -1.77. The largest absolute Gasteiger partial charge is 0.264 e. The van der Waals surface area contributed by atoms with Crippen LogP contribution >= 0.6 is 127 Å². The molecule has 21 heterocycles. The van der Waals surface area contributed by atoms with Crippen LogP contribution in [0.5, 0.6) is 0 Å². The van der Waals surface area contributed by atoms with Crippen LogP contribution in [-0.2, 0) is 0 Å². The zero-order valence-corrected chi connectivity index (χ0v) is 59.1. The first-order valence-electron chi connectivity index (χ1n) is 28.1. The van der Waals surface area contributed by atoms with Crippen molar-refractivity contribution >= 4 is 248 Å². The van der Waals surface area contributed by atoms with Gasteiger partial charge in [-0.05, 0) is 181 Å². The molecule has 22 rings (SSSR count). The van der Waals surface area contributed by atoms with Gasteiger partial charge in [-0.15, -0.1) is 10.2 Å². The van der Waals surface area contributed by atoms with Gasteiger partial charge in [0.25, 0.3) is 0 Å². The van der Waals surface area contributed by atoms with Crippen molar-refractivity contribution in [3.8, 4) is 0 Å². The van der Waals surface area contributed by atoms with Crippen molar-refractivity contribution in [3.05, 3.63) is 231 Å². The molecule has 0 radical (unpaired) electrons. The predicted molar refractivity (Wildman–Crippen MR) is 401 cm³/mol. The SMILES string of the molecule is c1cc2csnc2cn1.c1cc2csnc2nn1.c1cc2nscc2cn1.c1cc2nscc2nn1.c1ccc2nscc2c1.c1cnc2csnc2c1.c1cnc2nscc2c1.c1cnc2nscc2n1.c1ncc2csnc2n1.c1ncc2nscc2n1.c1nncc2nscc12. The molecule has 1 aromatic carbocycles. The van der Waals surface area contributed by atoms with Crippen molar-refractivity contribution in [2.45, 2.75) is 0 Å². The minimum atomic E-state index is 0.738. The van der Waals surface area contributed by atoms with Crippen LogP contribution in [0.15, 0.2) is 231 Å². The third kappa shape index (κ3) is 20.3. The fourth-order valence-corrected chi connectivity index (χ4v) is 14.1. The van der Waals surface area contributed by atoms with Crippen LogP contribution in [0.3, 0.4) is 0 Å². The second-order valence-electron chi connectivity index (χ2n) is 18.5. The molecule has 0 aliphatic rings. The number of aromatic nitrogens is 27. The lowest BCUT2D eigenvalue weighted by atomic mass is 10.3. The van der Waals surface area contributed by atoms with Crippen LogP contribution in [0.2, 0.25) is 0 Å². The molecule has 0 N–H and O–H groups in total. The average Bonchev–Trinajstić information content (AvgIpc) is 4.69. The Kier molecular flexibility index (Phi) is 25.4. The molecule has 0 unspecified atom stereocenters. The summed E-state index contributed by atoms with van der Waals surface area (Å²) in [6.45, 7) is 0. The van der Waals surface area contributed by atoms with E-state index in [1.54, 1.807) is 80.6 Å². The smallest absolute Gasteiger partial charge is 0.194 e. The molecule has 38 heteroatoms. The minimum absolute atomic E-state index is 0.738. The van der Waals surface area contributed by atoms with E-state index in [0.29, 0.717) is 0 Å². The number of pyridine rings is 4. The molecular weight excluding hydrogens is 1460 g/mol. The Morgan fingerprint density at radius 3 is 1.37 bits per heavy atom. The van der Waals surface area contributed by atoms with Crippen LogP contribution in [0.1, 0.15) is 0 Å². The summed E-state index contributed by atoms with van der Waals surface area (Å²) in [4.78, 5) is 39.6. The standard InChI is InChI=1S/C7H5NS.4C6H4N2S.6C5H3N3S/c1-2-4-7-6(3-1)5-9-8-7;1-2-7-3-5-4-9-8-6(1)5;1-2-7-3-6-5(1)4-9-8-6;1-2-5-6(7-3-1)4-9-8-5;1-2-5-4-9-8-6(5)7-3-1;1-4-5(2-9-8-4)7-3-6-1;1-4-3-9-8-5(4)2-7-6-1;1-4-2-9-8-5(4)7-3-6-1;1-2-7-5-4(6-1)3-9-8-5;1-2-6-7-5-3-9-8-4(1)5;1-2-6-7-5-4(1)3-9-8-5/h1-5H;4*1-4H;6*1-3H. The first-order chi connectivity index (χ1) is 49.1. The zero-order valence-electron chi connectivity index (χ0n) is 50.1. The van der Waals surface area contributed by atoms with Gasteiger partial charge in [0, 0.05) is 141 Å². The second kappa shape index (κ2) is 37.0. The van der Waals surface area contributed by atoms with E-state index in [0.717, 1.165) is 110 Å². The zero-order chi connectivity index (χ0) is 67.1. The lowest BCUT2D eigenvalue weighted by Gasteiger charge is -1.80. The van der Waals surface area contributed by atoms with Gasteiger partial charge in [-0.1, -0.05) is 18.2 Å². The lowest BCUT2D eigenvalue weighted by molar-refractivity contribution is 1.05. The van der Waals surface area contributed by atoms with E-state index in [2.05, 4.69) is 140 Å². The fourth-order valence-electron chi connectivity index (χ4n) is 7.42. The molecule has 21 aromatic heterocycles. The molecule has 0 aliphatic carbocycles. The summed E-state index contributed by atoms with van der Waals surface area (Å²) in [6, 6.07) is 23.5. The highest BCUT2D eigenvalue weighted by Gasteiger charge is 1.99. The van der Waals surface area contributed by atoms with Crippen molar-refractivity contribution in [1.82, 2.24) is 129 Å². The van der Waals surface area contributed by atoms with Gasteiger partial charge in [-0.2, -0.15) is 68.5 Å². The van der Waals surface area contributed by atoms with Gasteiger partial charge in [0.2, 0.25) is 0 Å². The van der Waals surface area contributed by atoms with Crippen LogP contribution in [-0.4, -0.2) is 129 Å². The van der Waals surface area contributed by atoms with Gasteiger partial charge < -0.3 is 0 Å². The maximum Gasteiger partial charge on any atom is 0.194 e. The maximum absolute atomic E-state index is 4.16. The Morgan fingerprint density at radius 2 is 0.636 bits per heavy atom. The summed E-state index contributed by atoms with van der Waals surface area (Å²) in [6.07, 6.45) is 27.1. The van der Waals surface area contributed by atoms with Crippen molar-refractivity contribution in [2.75, 3.05) is 0 Å². The molecule has 0 saturated carbocycles. The Labute approximate surface area is 602 Å². The third-order valence-electron chi connectivity index (χ3n) is 12.1. The van der Waals surface area contributed by atoms with Crippen molar-refractivity contribution < 1.29 is 0 Å². The summed E-state index contributed by atoms with van der Waals surface area (Å²) in [5.74, 6) is 0. The van der Waals surface area contributed by atoms with Crippen LogP contribution in [0.4, 0.5) is 0 Å². The molecule has 0 fully saturated rings. The van der Waals surface area contributed by atoms with E-state index >= 15 is 0 Å². The minimum Gasteiger partial charge on any atom is -0.264 e. The Balaban J connectivity index is 0.000000103. The van der Waals surface area contributed by atoms with Gasteiger partial charge in [0.15, 0.2) is 22.6 Å². The summed E-state index contributed by atoms with van der Waals surface area (Å²) in [5, 5.41) is 51.7. The van der Waals surface area contributed by atoms with Crippen LogP contribution in [0.25, 0.3) is 121 Å². The Morgan fingerprint density at radius 1 is 0.192 bits per heavy atom. The number of benzene rings is 1. The predicted octanol–water partition coefficient (Wildman–Crippen LogP) is 15.6. The Hall–Kier alpha value is -10.9. The van der Waals surface area contributed by atoms with Gasteiger partial charge >= 0.3 is 0 Å². The maximum atomic E-state index is 4.16. The molecular formula is C61H39N27S11. The molecule has 0 amide bonds. The molecule has 0 spiro atoms. The molecule has 22 aromatic rings. The van der Waals surface area contributed by atoms with Crippen molar-refractivity contribution in [3.63, 3.8) is 0 Å². The number of nitrogens with zero attached hydrogens (tertiary/aromatic N) is 27. The molecule has 484 valence electrons. The highest BCUT2D eigenvalue weighted by molar-refractivity contribution is 7.07. The topological polar surface area (TPSA) is 348 Å². The monoisotopic (exact) mass is 1500 g/mol. The quantitative estimate of drug-likeness (QED) is 0.136. The Bertz CT molecular complexity index is 4400. The second-order valence-corrected chi connectivity index (χ2v) is 25.4. The van der Waals surface area contributed by atoms with E-state index in [4.69, 9.17) is 0 Å². The first-order valence-corrected chi connectivity index (χ1v) is 37.3. The number of rotatable bonds is 0.